The largest absolute Gasteiger partial charge is 0.458 e. The van der Waals surface area contributed by atoms with Gasteiger partial charge in [-0.15, -0.1) is 0 Å². The van der Waals surface area contributed by atoms with Crippen LogP contribution >= 0.6 is 0 Å². The van der Waals surface area contributed by atoms with Crippen molar-refractivity contribution in [2.24, 2.45) is 4.99 Å². The van der Waals surface area contributed by atoms with Crippen LogP contribution in [0.5, 0.6) is 0 Å². The molecule has 2 N–H and O–H groups in total. The van der Waals surface area contributed by atoms with Crippen LogP contribution in [0.25, 0.3) is 22.0 Å². The normalized spacial score (nSPS) is 18.2. The molecule has 3 heterocycles. The first-order chi connectivity index (χ1) is 24.0. The first-order valence-corrected chi connectivity index (χ1v) is 17.7. The summed E-state index contributed by atoms with van der Waals surface area (Å²) in [7, 11) is 0. The van der Waals surface area contributed by atoms with Gasteiger partial charge in [-0.25, -0.2) is 14.4 Å². The molecular formula is C39H50N4O8. The molecule has 0 saturated heterocycles. The van der Waals surface area contributed by atoms with E-state index in [0.29, 0.717) is 51.1 Å². The second-order valence-electron chi connectivity index (χ2n) is 15.1. The first kappa shape index (κ1) is 37.5. The van der Waals surface area contributed by atoms with E-state index in [4.69, 9.17) is 19.2 Å². The minimum atomic E-state index is -1.90. The molecule has 2 aromatic carbocycles. The molecule has 3 aromatic rings. The van der Waals surface area contributed by atoms with Gasteiger partial charge < -0.3 is 29.5 Å². The Morgan fingerprint density at radius 3 is 2.35 bits per heavy atom. The lowest BCUT2D eigenvalue weighted by molar-refractivity contribution is -0.172. The fourth-order valence-corrected chi connectivity index (χ4v) is 6.45. The van der Waals surface area contributed by atoms with Crippen LogP contribution in [0.2, 0.25) is 0 Å². The van der Waals surface area contributed by atoms with E-state index in [2.05, 4.69) is 11.4 Å². The first-order valence-electron chi connectivity index (χ1n) is 17.7. The number of rotatable bonds is 11. The number of benzene rings is 2. The van der Waals surface area contributed by atoms with Crippen LogP contribution in [-0.2, 0) is 31.2 Å². The number of aromatic nitrogens is 1. The number of unbranched alkanes of at least 4 members (excludes halogenated alkanes) is 1. The Hall–Kier alpha value is -4.71. The van der Waals surface area contributed by atoms with E-state index in [1.165, 1.54) is 0 Å². The number of cyclic esters (lactones) is 1. The number of amides is 2. The smallest absolute Gasteiger partial charge is 0.410 e. The maximum atomic E-state index is 14.1. The summed E-state index contributed by atoms with van der Waals surface area (Å²) >= 11 is 0. The van der Waals surface area contributed by atoms with Gasteiger partial charge in [-0.1, -0.05) is 31.2 Å². The Labute approximate surface area is 298 Å². The molecule has 0 fully saturated rings. The van der Waals surface area contributed by atoms with Crippen molar-refractivity contribution in [2.75, 3.05) is 26.2 Å². The predicted molar refractivity (Wildman–Crippen MR) is 195 cm³/mol. The lowest BCUT2D eigenvalue weighted by Crippen LogP contribution is -2.44. The highest BCUT2D eigenvalue weighted by atomic mass is 16.6. The van der Waals surface area contributed by atoms with Crippen molar-refractivity contribution in [1.29, 1.82) is 0 Å². The van der Waals surface area contributed by atoms with Crippen molar-refractivity contribution in [3.63, 3.8) is 0 Å². The number of hydrogen-bond acceptors (Lipinski definition) is 9. The summed E-state index contributed by atoms with van der Waals surface area (Å²) in [5.74, 6) is -0.755. The van der Waals surface area contributed by atoms with E-state index >= 15 is 0 Å². The molecule has 0 bridgehead atoms. The Bertz CT molecular complexity index is 1890. The second-order valence-corrected chi connectivity index (χ2v) is 15.1. The van der Waals surface area contributed by atoms with Crippen molar-refractivity contribution < 1.29 is 33.7 Å². The number of fused-ring (bicyclic) bond motifs is 5. The van der Waals surface area contributed by atoms with E-state index in [9.17, 15) is 24.3 Å². The molecule has 0 aliphatic carbocycles. The third-order valence-corrected chi connectivity index (χ3v) is 8.91. The Morgan fingerprint density at radius 1 is 1.02 bits per heavy atom. The molecule has 12 nitrogen and oxygen atoms in total. The topological polar surface area (TPSA) is 149 Å². The highest BCUT2D eigenvalue weighted by Crippen LogP contribution is 2.43. The zero-order chi connectivity index (χ0) is 37.1. The van der Waals surface area contributed by atoms with Crippen LogP contribution < -0.4 is 10.9 Å². The molecule has 0 saturated carbocycles. The number of carbonyl (C=O) groups excluding carboxylic acids is 3. The summed E-state index contributed by atoms with van der Waals surface area (Å²) in [5.41, 5.74) is -0.599. The minimum Gasteiger partial charge on any atom is -0.458 e. The molecular weight excluding hydrogens is 652 g/mol. The molecule has 2 amide bonds. The number of alkyl carbamates (subject to hydrolysis) is 1. The average molecular weight is 703 g/mol. The number of esters is 1. The summed E-state index contributed by atoms with van der Waals surface area (Å²) < 4.78 is 17.9. The number of nitrogens with zero attached hydrogens (tertiary/aromatic N) is 3. The molecule has 1 aromatic heterocycles. The Balaban J connectivity index is 1.33. The van der Waals surface area contributed by atoms with Gasteiger partial charge in [0.15, 0.2) is 5.60 Å². The number of hydrogen-bond donors (Lipinski definition) is 2. The number of nitrogens with one attached hydrogen (secondary N) is 1. The Morgan fingerprint density at radius 2 is 1.69 bits per heavy atom. The van der Waals surface area contributed by atoms with Gasteiger partial charge in [-0.05, 0) is 102 Å². The summed E-state index contributed by atoms with van der Waals surface area (Å²) in [4.78, 5) is 58.2. The standard InChI is InChI=1S/C39H50N4O8/c1-8-39(48)30-22-31-27-20-25-14-9-10-15-26(25)21-28(27)32(43(31)33(44)29(30)24-49-34(39)45)23-40-16-13-19-42(36(47)51-38(5,6)7)18-12-11-17-41-35(46)50-37(2,3)4/h9-10,14-15,20-23,32,48H,8,11-13,16-19,24H2,1-7H3,(H,41,46)/t32?,39-/m0/s1. The van der Waals surface area contributed by atoms with E-state index in [1.54, 1.807) is 28.7 Å². The molecule has 2 aliphatic heterocycles. The summed E-state index contributed by atoms with van der Waals surface area (Å²) in [6, 6.07) is 13.3. The zero-order valence-corrected chi connectivity index (χ0v) is 30.7. The molecule has 2 atom stereocenters. The molecule has 5 rings (SSSR count). The van der Waals surface area contributed by atoms with Gasteiger partial charge in [0.25, 0.3) is 5.56 Å². The third kappa shape index (κ3) is 8.44. The van der Waals surface area contributed by atoms with E-state index < -0.39 is 41.0 Å². The van der Waals surface area contributed by atoms with E-state index in [1.807, 2.05) is 71.9 Å². The summed E-state index contributed by atoms with van der Waals surface area (Å²) in [6.45, 7) is 14.0. The second kappa shape index (κ2) is 14.9. The highest BCUT2D eigenvalue weighted by molar-refractivity contribution is 5.93. The SMILES string of the molecule is CC[C@@]1(O)C(=O)OCc2c1cc1n(c2=O)C(C=NCCCN(CCCCNC(=O)OC(C)(C)C)C(=O)OC(C)(C)C)c2cc3ccccc3cc2-1. The molecule has 0 radical (unpaired) electrons. The zero-order valence-electron chi connectivity index (χ0n) is 30.7. The summed E-state index contributed by atoms with van der Waals surface area (Å²) in [6.07, 6.45) is 2.80. The molecule has 51 heavy (non-hydrogen) atoms. The van der Waals surface area contributed by atoms with Gasteiger partial charge in [0.05, 0.1) is 17.3 Å². The van der Waals surface area contributed by atoms with Crippen molar-refractivity contribution in [3.8, 4) is 11.3 Å². The van der Waals surface area contributed by atoms with Crippen molar-refractivity contribution in [2.45, 2.75) is 104 Å². The number of pyridine rings is 1. The number of aliphatic hydroxyl groups is 1. The van der Waals surface area contributed by atoms with Crippen molar-refractivity contribution >= 4 is 35.1 Å². The van der Waals surface area contributed by atoms with Crippen molar-refractivity contribution in [3.05, 3.63) is 69.5 Å². The molecule has 274 valence electrons. The number of aliphatic imine (C=N–C) groups is 1. The number of ether oxygens (including phenoxy) is 3. The highest BCUT2D eigenvalue weighted by Gasteiger charge is 2.46. The number of carbonyl (C=O) groups is 3. The lowest BCUT2D eigenvalue weighted by Gasteiger charge is -2.32. The third-order valence-electron chi connectivity index (χ3n) is 8.91. The molecule has 2 aliphatic rings. The van der Waals surface area contributed by atoms with Gasteiger partial charge >= 0.3 is 18.2 Å². The quantitative estimate of drug-likeness (QED) is 0.103. The van der Waals surface area contributed by atoms with E-state index in [-0.39, 0.29) is 29.7 Å². The maximum Gasteiger partial charge on any atom is 0.410 e. The van der Waals surface area contributed by atoms with Crippen LogP contribution in [0, 0.1) is 0 Å². The predicted octanol–water partition coefficient (Wildman–Crippen LogP) is 6.23. The fourth-order valence-electron chi connectivity index (χ4n) is 6.45. The van der Waals surface area contributed by atoms with Crippen LogP contribution in [0.3, 0.4) is 0 Å². The molecule has 1 unspecified atom stereocenters. The van der Waals surface area contributed by atoms with Crippen LogP contribution in [0.15, 0.2) is 52.3 Å². The Kier molecular flexibility index (Phi) is 10.9. The van der Waals surface area contributed by atoms with Crippen LogP contribution in [0.4, 0.5) is 9.59 Å². The van der Waals surface area contributed by atoms with Gasteiger partial charge in [-0.3, -0.25) is 14.4 Å². The van der Waals surface area contributed by atoms with Gasteiger partial charge in [0.2, 0.25) is 0 Å². The molecule has 0 spiro atoms. The maximum absolute atomic E-state index is 14.1. The van der Waals surface area contributed by atoms with Crippen molar-refractivity contribution in [1.82, 2.24) is 14.8 Å². The van der Waals surface area contributed by atoms with Gasteiger partial charge in [0.1, 0.15) is 17.8 Å². The average Bonchev–Trinajstić information content (AvgIpc) is 3.35. The fraction of sp³-hybridized carbons (Fsp3) is 0.513. The van der Waals surface area contributed by atoms with Crippen LogP contribution in [0.1, 0.15) is 96.9 Å². The van der Waals surface area contributed by atoms with Crippen LogP contribution in [-0.4, -0.2) is 76.3 Å². The minimum absolute atomic E-state index is 0.0699. The summed E-state index contributed by atoms with van der Waals surface area (Å²) in [5, 5.41) is 16.1. The molecule has 12 heteroatoms. The monoisotopic (exact) mass is 702 g/mol. The van der Waals surface area contributed by atoms with Gasteiger partial charge in [0, 0.05) is 43.5 Å². The lowest BCUT2D eigenvalue weighted by atomic mass is 9.85. The van der Waals surface area contributed by atoms with E-state index in [0.717, 1.165) is 21.9 Å². The van der Waals surface area contributed by atoms with Gasteiger partial charge in [-0.2, -0.15) is 0 Å².